The molecule has 2 aromatic heterocycles. The van der Waals surface area contributed by atoms with Gasteiger partial charge in [-0.05, 0) is 19.3 Å². The summed E-state index contributed by atoms with van der Waals surface area (Å²) < 4.78 is 1.85. The van der Waals surface area contributed by atoms with Crippen molar-refractivity contribution >= 4 is 22.2 Å². The van der Waals surface area contributed by atoms with Gasteiger partial charge in [-0.3, -0.25) is 4.79 Å². The largest absolute Gasteiger partial charge is 0.336 e. The quantitative estimate of drug-likeness (QED) is 0.862. The van der Waals surface area contributed by atoms with Gasteiger partial charge in [-0.1, -0.05) is 24.7 Å². The van der Waals surface area contributed by atoms with Crippen molar-refractivity contribution in [2.75, 3.05) is 6.54 Å². The van der Waals surface area contributed by atoms with Crippen LogP contribution in [0.25, 0.3) is 4.96 Å². The molecule has 1 fully saturated rings. The number of hydrogen-bond donors (Lipinski definition) is 0. The number of hydrogen-bond acceptors (Lipinski definition) is 4. The molecule has 3 rings (SSSR count). The molecule has 0 spiro atoms. The van der Waals surface area contributed by atoms with Gasteiger partial charge in [0.2, 0.25) is 10.9 Å². The summed E-state index contributed by atoms with van der Waals surface area (Å²) in [6.07, 6.45) is 2.99. The molecule has 3 heterocycles. The van der Waals surface area contributed by atoms with E-state index in [9.17, 15) is 4.79 Å². The van der Waals surface area contributed by atoms with Gasteiger partial charge in [0.05, 0.1) is 17.9 Å². The molecule has 1 aliphatic heterocycles. The van der Waals surface area contributed by atoms with Gasteiger partial charge in [0, 0.05) is 13.0 Å². The molecule has 1 saturated heterocycles. The maximum Gasteiger partial charge on any atom is 0.223 e. The van der Waals surface area contributed by atoms with Gasteiger partial charge >= 0.3 is 0 Å². The molecule has 1 amide bonds. The zero-order valence-corrected chi connectivity index (χ0v) is 12.1. The van der Waals surface area contributed by atoms with E-state index in [1.807, 2.05) is 16.3 Å². The summed E-state index contributed by atoms with van der Waals surface area (Å²) in [5, 5.41) is 4.25. The van der Waals surface area contributed by atoms with Crippen LogP contribution in [0.2, 0.25) is 0 Å². The van der Waals surface area contributed by atoms with Crippen LogP contribution in [0, 0.1) is 12.8 Å². The number of aromatic nitrogens is 3. The Morgan fingerprint density at radius 3 is 3.11 bits per heavy atom. The lowest BCUT2D eigenvalue weighted by Crippen LogP contribution is -2.25. The van der Waals surface area contributed by atoms with E-state index in [1.54, 1.807) is 5.51 Å². The Labute approximate surface area is 116 Å². The van der Waals surface area contributed by atoms with Crippen molar-refractivity contribution in [1.82, 2.24) is 19.5 Å². The molecule has 0 bridgehead atoms. The van der Waals surface area contributed by atoms with Crippen LogP contribution >= 0.6 is 11.3 Å². The average Bonchev–Trinajstić information content (AvgIpc) is 3.02. The Balaban J connectivity index is 1.76. The van der Waals surface area contributed by atoms with Crippen LogP contribution in [0.1, 0.15) is 37.6 Å². The standard InChI is InChI=1S/C13H18N4OS/c1-3-4-10-5-12(18)16(6-10)7-11-9(2)17-13(15-11)19-8-14-17/h8,10H,3-7H2,1-2H3. The van der Waals surface area contributed by atoms with E-state index in [0.717, 1.165) is 35.7 Å². The van der Waals surface area contributed by atoms with Gasteiger partial charge in [-0.15, -0.1) is 0 Å². The van der Waals surface area contributed by atoms with Crippen molar-refractivity contribution in [1.29, 1.82) is 0 Å². The van der Waals surface area contributed by atoms with Crippen LogP contribution in [0.3, 0.4) is 0 Å². The van der Waals surface area contributed by atoms with Crippen LogP contribution in [-0.2, 0) is 11.3 Å². The minimum absolute atomic E-state index is 0.266. The van der Waals surface area contributed by atoms with E-state index in [0.29, 0.717) is 18.9 Å². The molecule has 1 aliphatic rings. The van der Waals surface area contributed by atoms with Crippen molar-refractivity contribution in [3.05, 3.63) is 16.9 Å². The zero-order valence-electron chi connectivity index (χ0n) is 11.3. The zero-order chi connectivity index (χ0) is 13.4. The molecular formula is C13H18N4OS. The summed E-state index contributed by atoms with van der Waals surface area (Å²) >= 11 is 1.53. The Hall–Kier alpha value is -1.43. The monoisotopic (exact) mass is 278 g/mol. The highest BCUT2D eigenvalue weighted by molar-refractivity contribution is 7.14. The first kappa shape index (κ1) is 12.6. The van der Waals surface area contributed by atoms with Crippen LogP contribution < -0.4 is 0 Å². The summed E-state index contributed by atoms with van der Waals surface area (Å²) in [5.41, 5.74) is 3.81. The second-order valence-electron chi connectivity index (χ2n) is 5.21. The maximum absolute atomic E-state index is 12.0. The highest BCUT2D eigenvalue weighted by Crippen LogP contribution is 2.25. The maximum atomic E-state index is 12.0. The molecule has 5 nitrogen and oxygen atoms in total. The number of fused-ring (bicyclic) bond motifs is 1. The predicted molar refractivity (Wildman–Crippen MR) is 74.0 cm³/mol. The number of carbonyl (C=O) groups is 1. The normalized spacial score (nSPS) is 19.8. The number of imidazole rings is 1. The van der Waals surface area contributed by atoms with E-state index in [2.05, 4.69) is 17.0 Å². The third-order valence-electron chi connectivity index (χ3n) is 3.80. The molecule has 0 aliphatic carbocycles. The van der Waals surface area contributed by atoms with Crippen molar-refractivity contribution in [3.63, 3.8) is 0 Å². The molecule has 19 heavy (non-hydrogen) atoms. The second-order valence-corrected chi connectivity index (χ2v) is 6.02. The lowest BCUT2D eigenvalue weighted by molar-refractivity contribution is -0.128. The van der Waals surface area contributed by atoms with Crippen molar-refractivity contribution in [3.8, 4) is 0 Å². The fourth-order valence-electron chi connectivity index (χ4n) is 2.78. The van der Waals surface area contributed by atoms with Crippen LogP contribution in [-0.4, -0.2) is 31.9 Å². The molecular weight excluding hydrogens is 260 g/mol. The van der Waals surface area contributed by atoms with Gasteiger partial charge < -0.3 is 4.90 Å². The molecule has 2 aromatic rings. The molecule has 6 heteroatoms. The summed E-state index contributed by atoms with van der Waals surface area (Å²) in [6.45, 7) is 5.69. The summed E-state index contributed by atoms with van der Waals surface area (Å²) in [5.74, 6) is 0.793. The smallest absolute Gasteiger partial charge is 0.223 e. The van der Waals surface area contributed by atoms with Gasteiger partial charge in [0.1, 0.15) is 5.51 Å². The topological polar surface area (TPSA) is 50.5 Å². The Bertz CT molecular complexity index is 603. The van der Waals surface area contributed by atoms with Crippen LogP contribution in [0.15, 0.2) is 5.51 Å². The minimum Gasteiger partial charge on any atom is -0.336 e. The first-order valence-electron chi connectivity index (χ1n) is 6.74. The highest BCUT2D eigenvalue weighted by atomic mass is 32.1. The van der Waals surface area contributed by atoms with Crippen molar-refractivity contribution in [2.24, 2.45) is 5.92 Å². The molecule has 0 saturated carbocycles. The second kappa shape index (κ2) is 4.92. The van der Waals surface area contributed by atoms with E-state index in [1.165, 1.54) is 11.3 Å². The van der Waals surface area contributed by atoms with E-state index in [-0.39, 0.29) is 5.91 Å². The van der Waals surface area contributed by atoms with E-state index < -0.39 is 0 Å². The number of rotatable bonds is 4. The fraction of sp³-hybridized carbons (Fsp3) is 0.615. The summed E-state index contributed by atoms with van der Waals surface area (Å²) in [6, 6.07) is 0. The first-order valence-corrected chi connectivity index (χ1v) is 7.62. The van der Waals surface area contributed by atoms with Gasteiger partial charge in [0.25, 0.3) is 0 Å². The highest BCUT2D eigenvalue weighted by Gasteiger charge is 2.29. The number of amides is 1. The number of nitrogens with zero attached hydrogens (tertiary/aromatic N) is 4. The molecule has 0 radical (unpaired) electrons. The number of aryl methyl sites for hydroxylation is 1. The predicted octanol–water partition coefficient (Wildman–Crippen LogP) is 2.25. The lowest BCUT2D eigenvalue weighted by Gasteiger charge is -2.15. The Morgan fingerprint density at radius 1 is 1.53 bits per heavy atom. The Morgan fingerprint density at radius 2 is 2.37 bits per heavy atom. The summed E-state index contributed by atoms with van der Waals surface area (Å²) in [4.78, 5) is 19.4. The van der Waals surface area contributed by atoms with Gasteiger partial charge in [-0.2, -0.15) is 5.10 Å². The van der Waals surface area contributed by atoms with E-state index >= 15 is 0 Å². The molecule has 1 unspecified atom stereocenters. The number of carbonyl (C=O) groups excluding carboxylic acids is 1. The molecule has 0 aromatic carbocycles. The van der Waals surface area contributed by atoms with Gasteiger partial charge in [0.15, 0.2) is 0 Å². The van der Waals surface area contributed by atoms with E-state index in [4.69, 9.17) is 0 Å². The van der Waals surface area contributed by atoms with Crippen molar-refractivity contribution < 1.29 is 4.79 Å². The van der Waals surface area contributed by atoms with Crippen LogP contribution in [0.4, 0.5) is 0 Å². The van der Waals surface area contributed by atoms with Crippen LogP contribution in [0.5, 0.6) is 0 Å². The fourth-order valence-corrected chi connectivity index (χ4v) is 3.46. The number of likely N-dealkylation sites (tertiary alicyclic amines) is 1. The molecule has 1 atom stereocenters. The SMILES string of the molecule is CCCC1CC(=O)N(Cc2nc3scnn3c2C)C1. The Kier molecular flexibility index (Phi) is 3.26. The average molecular weight is 278 g/mol. The molecule has 102 valence electrons. The molecule has 0 N–H and O–H groups in total. The first-order chi connectivity index (χ1) is 9.19. The lowest BCUT2D eigenvalue weighted by atomic mass is 10.0. The minimum atomic E-state index is 0.266. The third kappa shape index (κ3) is 2.25. The van der Waals surface area contributed by atoms with Crippen molar-refractivity contribution in [2.45, 2.75) is 39.7 Å². The third-order valence-corrected chi connectivity index (χ3v) is 4.47. The summed E-state index contributed by atoms with van der Waals surface area (Å²) in [7, 11) is 0. The van der Waals surface area contributed by atoms with Gasteiger partial charge in [-0.25, -0.2) is 9.50 Å².